The fourth-order valence-corrected chi connectivity index (χ4v) is 3.22. The first-order chi connectivity index (χ1) is 11.2. The number of thiocarbonyl (C=S) groups is 1. The summed E-state index contributed by atoms with van der Waals surface area (Å²) in [7, 11) is 1.68. The first kappa shape index (κ1) is 16.0. The topological polar surface area (TPSA) is 33.3 Å². The molecule has 1 atom stereocenters. The van der Waals surface area contributed by atoms with Gasteiger partial charge in [-0.1, -0.05) is 48.1 Å². The van der Waals surface area contributed by atoms with E-state index in [0.717, 1.165) is 35.8 Å². The van der Waals surface area contributed by atoms with Crippen molar-refractivity contribution in [2.75, 3.05) is 13.7 Å². The van der Waals surface area contributed by atoms with Crippen molar-refractivity contribution in [3.05, 3.63) is 64.7 Å². The second-order valence-corrected chi connectivity index (χ2v) is 6.37. The zero-order valence-corrected chi connectivity index (χ0v) is 14.4. The summed E-state index contributed by atoms with van der Waals surface area (Å²) in [6, 6.07) is 15.1. The van der Waals surface area contributed by atoms with Gasteiger partial charge in [-0.05, 0) is 36.6 Å². The zero-order chi connectivity index (χ0) is 16.2. The lowest BCUT2D eigenvalue weighted by molar-refractivity contribution is 0.413. The number of benzene rings is 2. The Hall–Kier alpha value is -1.91. The standard InChI is InChI=1S/C19H22N2OS/c1-13-7-8-18(22-2)17(9-13)19(23)21-12-16-10-14-5-3-4-6-15(14)11-20-16/h3-9,16,20H,10-12H2,1-2H3,(H,21,23)/t16-/m0/s1. The molecule has 0 bridgehead atoms. The van der Waals surface area contributed by atoms with Crippen LogP contribution in [0.15, 0.2) is 42.5 Å². The molecule has 1 heterocycles. The van der Waals surface area contributed by atoms with E-state index in [1.165, 1.54) is 16.7 Å². The van der Waals surface area contributed by atoms with E-state index in [1.54, 1.807) is 7.11 Å². The van der Waals surface area contributed by atoms with Gasteiger partial charge in [-0.25, -0.2) is 0 Å². The molecule has 23 heavy (non-hydrogen) atoms. The van der Waals surface area contributed by atoms with E-state index in [-0.39, 0.29) is 0 Å². The van der Waals surface area contributed by atoms with Gasteiger partial charge >= 0.3 is 0 Å². The molecule has 0 aliphatic carbocycles. The summed E-state index contributed by atoms with van der Waals surface area (Å²) < 4.78 is 5.42. The summed E-state index contributed by atoms with van der Waals surface area (Å²) in [5.74, 6) is 0.815. The van der Waals surface area contributed by atoms with Crippen molar-refractivity contribution >= 4 is 17.2 Å². The first-order valence-corrected chi connectivity index (χ1v) is 8.31. The minimum absolute atomic E-state index is 0.388. The van der Waals surface area contributed by atoms with Gasteiger partial charge in [0.25, 0.3) is 0 Å². The summed E-state index contributed by atoms with van der Waals surface area (Å²) in [5, 5.41) is 6.96. The number of fused-ring (bicyclic) bond motifs is 1. The van der Waals surface area contributed by atoms with Crippen LogP contribution >= 0.6 is 12.2 Å². The number of hydrogen-bond acceptors (Lipinski definition) is 3. The third kappa shape index (κ3) is 3.71. The Labute approximate surface area is 143 Å². The third-order valence-electron chi connectivity index (χ3n) is 4.27. The number of hydrogen-bond donors (Lipinski definition) is 2. The van der Waals surface area contributed by atoms with Crippen molar-refractivity contribution in [1.29, 1.82) is 0 Å². The molecule has 2 aromatic rings. The highest BCUT2D eigenvalue weighted by Crippen LogP contribution is 2.20. The second-order valence-electron chi connectivity index (χ2n) is 5.96. The molecular formula is C19H22N2OS. The van der Waals surface area contributed by atoms with Crippen LogP contribution in [0.4, 0.5) is 0 Å². The van der Waals surface area contributed by atoms with Crippen LogP contribution in [0.3, 0.4) is 0 Å². The second kappa shape index (κ2) is 7.11. The van der Waals surface area contributed by atoms with Crippen LogP contribution in [0.1, 0.15) is 22.3 Å². The molecule has 0 spiro atoms. The Balaban J connectivity index is 1.63. The molecule has 3 rings (SSSR count). The smallest absolute Gasteiger partial charge is 0.129 e. The monoisotopic (exact) mass is 326 g/mol. The minimum Gasteiger partial charge on any atom is -0.496 e. The van der Waals surface area contributed by atoms with E-state index < -0.39 is 0 Å². The molecule has 2 N–H and O–H groups in total. The maximum absolute atomic E-state index is 5.56. The summed E-state index contributed by atoms with van der Waals surface area (Å²) >= 11 is 5.56. The zero-order valence-electron chi connectivity index (χ0n) is 13.6. The molecule has 4 heteroatoms. The van der Waals surface area contributed by atoms with Crippen LogP contribution < -0.4 is 15.4 Å². The van der Waals surface area contributed by atoms with Crippen molar-refractivity contribution < 1.29 is 4.74 Å². The number of aryl methyl sites for hydroxylation is 1. The predicted molar refractivity (Wildman–Crippen MR) is 98.2 cm³/mol. The highest BCUT2D eigenvalue weighted by Gasteiger charge is 2.18. The summed E-state index contributed by atoms with van der Waals surface area (Å²) in [4.78, 5) is 0.742. The van der Waals surface area contributed by atoms with Gasteiger partial charge in [0, 0.05) is 19.1 Å². The molecule has 0 amide bonds. The maximum atomic E-state index is 5.56. The van der Waals surface area contributed by atoms with Crippen LogP contribution in [-0.4, -0.2) is 24.7 Å². The van der Waals surface area contributed by atoms with E-state index in [9.17, 15) is 0 Å². The minimum atomic E-state index is 0.388. The average molecular weight is 326 g/mol. The fourth-order valence-electron chi connectivity index (χ4n) is 2.98. The molecule has 0 aromatic heterocycles. The molecule has 120 valence electrons. The molecule has 0 radical (unpaired) electrons. The lowest BCUT2D eigenvalue weighted by Crippen LogP contribution is -2.44. The lowest BCUT2D eigenvalue weighted by Gasteiger charge is -2.27. The number of ether oxygens (including phenoxy) is 1. The van der Waals surface area contributed by atoms with Gasteiger partial charge in [0.15, 0.2) is 0 Å². The van der Waals surface area contributed by atoms with Crippen LogP contribution in [0.2, 0.25) is 0 Å². The van der Waals surface area contributed by atoms with Gasteiger partial charge in [-0.2, -0.15) is 0 Å². The molecule has 0 unspecified atom stereocenters. The quantitative estimate of drug-likeness (QED) is 0.847. The number of methoxy groups -OCH3 is 1. The van der Waals surface area contributed by atoms with E-state index in [2.05, 4.69) is 47.9 Å². The Morgan fingerprint density at radius 2 is 2.04 bits per heavy atom. The van der Waals surface area contributed by atoms with Gasteiger partial charge in [-0.3, -0.25) is 0 Å². The summed E-state index contributed by atoms with van der Waals surface area (Å²) in [6.07, 6.45) is 1.02. The van der Waals surface area contributed by atoms with Crippen molar-refractivity contribution in [1.82, 2.24) is 10.6 Å². The number of nitrogens with one attached hydrogen (secondary N) is 2. The SMILES string of the molecule is COc1ccc(C)cc1C(=S)NC[C@@H]1Cc2ccccc2CN1. The normalized spacial score (nSPS) is 16.5. The van der Waals surface area contributed by atoms with Crippen molar-refractivity contribution in [3.63, 3.8) is 0 Å². The molecule has 0 saturated heterocycles. The highest BCUT2D eigenvalue weighted by atomic mass is 32.1. The molecular weight excluding hydrogens is 304 g/mol. The molecule has 1 aliphatic heterocycles. The fraction of sp³-hybridized carbons (Fsp3) is 0.316. The van der Waals surface area contributed by atoms with Crippen molar-refractivity contribution in [2.45, 2.75) is 25.9 Å². The predicted octanol–water partition coefficient (Wildman–Crippen LogP) is 2.98. The molecule has 3 nitrogen and oxygen atoms in total. The van der Waals surface area contributed by atoms with E-state index in [4.69, 9.17) is 17.0 Å². The van der Waals surface area contributed by atoms with E-state index in [1.807, 2.05) is 12.1 Å². The van der Waals surface area contributed by atoms with Crippen LogP contribution in [0.25, 0.3) is 0 Å². The summed E-state index contributed by atoms with van der Waals surface area (Å²) in [5.41, 5.74) is 4.96. The third-order valence-corrected chi connectivity index (χ3v) is 4.64. The van der Waals surface area contributed by atoms with E-state index in [0.29, 0.717) is 6.04 Å². The van der Waals surface area contributed by atoms with E-state index >= 15 is 0 Å². The first-order valence-electron chi connectivity index (χ1n) is 7.90. The Kier molecular flexibility index (Phi) is 4.94. The van der Waals surface area contributed by atoms with Crippen LogP contribution in [-0.2, 0) is 13.0 Å². The molecule has 1 aliphatic rings. The van der Waals surface area contributed by atoms with Crippen molar-refractivity contribution in [2.24, 2.45) is 0 Å². The van der Waals surface area contributed by atoms with Gasteiger partial charge in [0.05, 0.1) is 12.7 Å². The van der Waals surface area contributed by atoms with Gasteiger partial charge < -0.3 is 15.4 Å². The Morgan fingerprint density at radius 3 is 2.83 bits per heavy atom. The molecule has 2 aromatic carbocycles. The Morgan fingerprint density at radius 1 is 1.26 bits per heavy atom. The maximum Gasteiger partial charge on any atom is 0.129 e. The molecule has 0 fully saturated rings. The summed E-state index contributed by atoms with van der Waals surface area (Å²) in [6.45, 7) is 3.79. The Bertz CT molecular complexity index is 714. The largest absolute Gasteiger partial charge is 0.496 e. The molecule has 0 saturated carbocycles. The van der Waals surface area contributed by atoms with Gasteiger partial charge in [-0.15, -0.1) is 0 Å². The van der Waals surface area contributed by atoms with Gasteiger partial charge in [0.2, 0.25) is 0 Å². The average Bonchev–Trinajstić information content (AvgIpc) is 2.59. The van der Waals surface area contributed by atoms with Crippen molar-refractivity contribution in [3.8, 4) is 5.75 Å². The highest BCUT2D eigenvalue weighted by molar-refractivity contribution is 7.80. The lowest BCUT2D eigenvalue weighted by atomic mass is 9.96. The number of rotatable bonds is 4. The van der Waals surface area contributed by atoms with Crippen LogP contribution in [0.5, 0.6) is 5.75 Å². The van der Waals surface area contributed by atoms with Gasteiger partial charge in [0.1, 0.15) is 10.7 Å². The van der Waals surface area contributed by atoms with Crippen LogP contribution in [0, 0.1) is 6.92 Å².